The van der Waals surface area contributed by atoms with Crippen LogP contribution in [0.3, 0.4) is 0 Å². The van der Waals surface area contributed by atoms with Crippen molar-refractivity contribution < 1.29 is 14.6 Å². The molecule has 1 heterocycles. The van der Waals surface area contributed by atoms with E-state index < -0.39 is 6.10 Å². The number of aliphatic hydroxyl groups is 1. The fraction of sp³-hybridized carbons (Fsp3) is 0.632. The van der Waals surface area contributed by atoms with Gasteiger partial charge in [-0.3, -0.25) is 9.69 Å². The summed E-state index contributed by atoms with van der Waals surface area (Å²) in [7, 11) is 0. The first kappa shape index (κ1) is 18.9. The van der Waals surface area contributed by atoms with E-state index in [9.17, 15) is 9.90 Å². The standard InChI is InChI=1S/C19H30N2O3/c1-15(2)24-14-18(22)13-20-8-5-9-21(11-10-20)19(23)17-7-4-6-16(3)12-17/h4,6-7,12,15,18,22H,5,8-11,13-14H2,1-3H3. The third-order valence-electron chi connectivity index (χ3n) is 4.23. The summed E-state index contributed by atoms with van der Waals surface area (Å²) in [4.78, 5) is 16.8. The van der Waals surface area contributed by atoms with Gasteiger partial charge in [-0.15, -0.1) is 0 Å². The summed E-state index contributed by atoms with van der Waals surface area (Å²) in [5, 5.41) is 10.1. The lowest BCUT2D eigenvalue weighted by Gasteiger charge is -2.24. The van der Waals surface area contributed by atoms with E-state index in [1.165, 1.54) is 0 Å². The van der Waals surface area contributed by atoms with Gasteiger partial charge in [0, 0.05) is 31.7 Å². The molecule has 1 aromatic carbocycles. The number of carbonyl (C=O) groups excluding carboxylic acids is 1. The number of β-amino-alcohol motifs (C(OH)–C–C–N with tert-alkyl or cyclic N) is 1. The second-order valence-corrected chi connectivity index (χ2v) is 6.85. The van der Waals surface area contributed by atoms with Crippen LogP contribution in [0.4, 0.5) is 0 Å². The highest BCUT2D eigenvalue weighted by atomic mass is 16.5. The van der Waals surface area contributed by atoms with Crippen molar-refractivity contribution in [2.24, 2.45) is 0 Å². The number of hydrogen-bond donors (Lipinski definition) is 1. The van der Waals surface area contributed by atoms with Crippen molar-refractivity contribution >= 4 is 5.91 Å². The van der Waals surface area contributed by atoms with Gasteiger partial charge in [-0.1, -0.05) is 17.7 Å². The average molecular weight is 334 g/mol. The molecule has 134 valence electrons. The number of ether oxygens (including phenoxy) is 1. The molecule has 0 aromatic heterocycles. The Hall–Kier alpha value is -1.43. The van der Waals surface area contributed by atoms with E-state index in [2.05, 4.69) is 4.90 Å². The average Bonchev–Trinajstić information content (AvgIpc) is 2.78. The summed E-state index contributed by atoms with van der Waals surface area (Å²) in [6.45, 7) is 10.0. The van der Waals surface area contributed by atoms with Crippen LogP contribution in [0.25, 0.3) is 0 Å². The molecule has 24 heavy (non-hydrogen) atoms. The first-order valence-electron chi connectivity index (χ1n) is 8.83. The maximum Gasteiger partial charge on any atom is 0.253 e. The van der Waals surface area contributed by atoms with Gasteiger partial charge in [0.15, 0.2) is 0 Å². The molecule has 0 radical (unpaired) electrons. The van der Waals surface area contributed by atoms with E-state index in [0.29, 0.717) is 19.7 Å². The van der Waals surface area contributed by atoms with Crippen molar-refractivity contribution in [3.8, 4) is 0 Å². The van der Waals surface area contributed by atoms with Crippen LogP contribution in [0.1, 0.15) is 36.2 Å². The second kappa shape index (κ2) is 9.16. The molecule has 1 aliphatic heterocycles. The third kappa shape index (κ3) is 5.89. The summed E-state index contributed by atoms with van der Waals surface area (Å²) >= 11 is 0. The summed E-state index contributed by atoms with van der Waals surface area (Å²) in [6, 6.07) is 7.75. The predicted molar refractivity (Wildman–Crippen MR) is 95.2 cm³/mol. The van der Waals surface area contributed by atoms with Crippen LogP contribution in [0, 0.1) is 6.92 Å². The van der Waals surface area contributed by atoms with Gasteiger partial charge >= 0.3 is 0 Å². The highest BCUT2D eigenvalue weighted by Gasteiger charge is 2.21. The highest BCUT2D eigenvalue weighted by molar-refractivity contribution is 5.94. The Morgan fingerprint density at radius 3 is 2.75 bits per heavy atom. The van der Waals surface area contributed by atoms with Gasteiger partial charge in [-0.2, -0.15) is 0 Å². The summed E-state index contributed by atoms with van der Waals surface area (Å²) < 4.78 is 5.46. The molecule has 1 amide bonds. The molecule has 1 atom stereocenters. The monoisotopic (exact) mass is 334 g/mol. The molecule has 0 spiro atoms. The minimum Gasteiger partial charge on any atom is -0.389 e. The van der Waals surface area contributed by atoms with Crippen LogP contribution in [0.2, 0.25) is 0 Å². The fourth-order valence-corrected chi connectivity index (χ4v) is 2.97. The summed E-state index contributed by atoms with van der Waals surface area (Å²) in [5.74, 6) is 0.101. The molecule has 1 aromatic rings. The van der Waals surface area contributed by atoms with Crippen LogP contribution in [-0.2, 0) is 4.74 Å². The lowest BCUT2D eigenvalue weighted by Crippen LogP contribution is -2.39. The lowest BCUT2D eigenvalue weighted by atomic mass is 10.1. The molecule has 0 saturated carbocycles. The van der Waals surface area contributed by atoms with Crippen molar-refractivity contribution in [2.45, 2.75) is 39.4 Å². The number of aryl methyl sites for hydroxylation is 1. The number of aliphatic hydroxyl groups excluding tert-OH is 1. The summed E-state index contributed by atoms with van der Waals surface area (Å²) in [6.07, 6.45) is 0.577. The molecule has 0 bridgehead atoms. The van der Waals surface area contributed by atoms with Gasteiger partial charge < -0.3 is 14.7 Å². The largest absolute Gasteiger partial charge is 0.389 e. The van der Waals surface area contributed by atoms with Gasteiger partial charge in [0.1, 0.15) is 0 Å². The van der Waals surface area contributed by atoms with Gasteiger partial charge in [0.25, 0.3) is 5.91 Å². The number of hydrogen-bond acceptors (Lipinski definition) is 4. The zero-order valence-electron chi connectivity index (χ0n) is 15.1. The molecule has 5 nitrogen and oxygen atoms in total. The maximum absolute atomic E-state index is 12.6. The predicted octanol–water partition coefficient (Wildman–Crippen LogP) is 1.93. The molecule has 1 N–H and O–H groups in total. The van der Waals surface area contributed by atoms with E-state index in [0.717, 1.165) is 37.2 Å². The third-order valence-corrected chi connectivity index (χ3v) is 4.23. The molecule has 1 saturated heterocycles. The normalized spacial score (nSPS) is 17.8. The van der Waals surface area contributed by atoms with Crippen molar-refractivity contribution in [3.63, 3.8) is 0 Å². The minimum atomic E-state index is -0.480. The molecular weight excluding hydrogens is 304 g/mol. The van der Waals surface area contributed by atoms with Crippen LogP contribution < -0.4 is 0 Å². The first-order chi connectivity index (χ1) is 11.5. The van der Waals surface area contributed by atoms with Crippen LogP contribution in [0.5, 0.6) is 0 Å². The molecule has 5 heteroatoms. The van der Waals surface area contributed by atoms with Crippen molar-refractivity contribution in [1.82, 2.24) is 9.80 Å². The molecular formula is C19H30N2O3. The van der Waals surface area contributed by atoms with Gasteiger partial charge in [0.05, 0.1) is 18.8 Å². The van der Waals surface area contributed by atoms with Gasteiger partial charge in [-0.25, -0.2) is 0 Å². The fourth-order valence-electron chi connectivity index (χ4n) is 2.97. The highest BCUT2D eigenvalue weighted by Crippen LogP contribution is 2.11. The van der Waals surface area contributed by atoms with Crippen LogP contribution in [0.15, 0.2) is 24.3 Å². The second-order valence-electron chi connectivity index (χ2n) is 6.85. The number of nitrogens with zero attached hydrogens (tertiary/aromatic N) is 2. The van der Waals surface area contributed by atoms with E-state index in [4.69, 9.17) is 4.74 Å². The minimum absolute atomic E-state index is 0.101. The van der Waals surface area contributed by atoms with Gasteiger partial charge in [0.2, 0.25) is 0 Å². The Morgan fingerprint density at radius 1 is 1.25 bits per heavy atom. The molecule has 1 unspecified atom stereocenters. The number of benzene rings is 1. The van der Waals surface area contributed by atoms with Crippen molar-refractivity contribution in [1.29, 1.82) is 0 Å². The SMILES string of the molecule is Cc1cccc(C(=O)N2CCCN(CC(O)COC(C)C)CC2)c1. The van der Waals surface area contributed by atoms with E-state index >= 15 is 0 Å². The van der Waals surface area contributed by atoms with E-state index in [1.54, 1.807) is 0 Å². The number of carbonyl (C=O) groups is 1. The topological polar surface area (TPSA) is 53.0 Å². The molecule has 1 fully saturated rings. The smallest absolute Gasteiger partial charge is 0.253 e. The molecule has 1 aliphatic rings. The Bertz CT molecular complexity index is 533. The Labute approximate surface area is 145 Å². The molecule has 0 aliphatic carbocycles. The van der Waals surface area contributed by atoms with Crippen molar-refractivity contribution in [3.05, 3.63) is 35.4 Å². The number of rotatable bonds is 6. The van der Waals surface area contributed by atoms with Crippen LogP contribution >= 0.6 is 0 Å². The first-order valence-corrected chi connectivity index (χ1v) is 8.83. The van der Waals surface area contributed by atoms with Crippen molar-refractivity contribution in [2.75, 3.05) is 39.3 Å². The quantitative estimate of drug-likeness (QED) is 0.864. The number of amides is 1. The lowest BCUT2D eigenvalue weighted by molar-refractivity contribution is -0.00794. The van der Waals surface area contributed by atoms with E-state index in [-0.39, 0.29) is 12.0 Å². The summed E-state index contributed by atoms with van der Waals surface area (Å²) in [5.41, 5.74) is 1.86. The Morgan fingerprint density at radius 2 is 2.04 bits per heavy atom. The van der Waals surface area contributed by atoms with E-state index in [1.807, 2.05) is 49.9 Å². The maximum atomic E-state index is 12.6. The Balaban J connectivity index is 1.85. The van der Waals surface area contributed by atoms with Gasteiger partial charge in [-0.05, 0) is 45.9 Å². The zero-order chi connectivity index (χ0) is 17.5. The Kier molecular flexibility index (Phi) is 7.21. The zero-order valence-corrected chi connectivity index (χ0v) is 15.1. The molecule has 2 rings (SSSR count). The van der Waals surface area contributed by atoms with Crippen LogP contribution in [-0.4, -0.2) is 72.4 Å².